The minimum atomic E-state index is 0.598. The summed E-state index contributed by atoms with van der Waals surface area (Å²) in [6.07, 6.45) is 4.77. The smallest absolute Gasteiger partial charge is 0.115 e. The summed E-state index contributed by atoms with van der Waals surface area (Å²) in [7, 11) is 0. The molecule has 72 valence electrons. The van der Waals surface area contributed by atoms with Crippen molar-refractivity contribution in [1.29, 1.82) is 5.26 Å². The van der Waals surface area contributed by atoms with Gasteiger partial charge in [0.05, 0.1) is 29.3 Å². The Balaban J connectivity index is 2.29. The number of benzene rings is 1. The molecule has 4 nitrogen and oxygen atoms in total. The maximum atomic E-state index is 8.88. The van der Waals surface area contributed by atoms with Gasteiger partial charge >= 0.3 is 0 Å². The molecule has 0 saturated carbocycles. The first-order valence-electron chi connectivity index (χ1n) is 4.41. The fourth-order valence-electron chi connectivity index (χ4n) is 1.21. The van der Waals surface area contributed by atoms with Gasteiger partial charge in [-0.2, -0.15) is 5.26 Å². The number of nitrogens with zero attached hydrogens (tertiary/aromatic N) is 3. The molecule has 2 aromatic rings. The van der Waals surface area contributed by atoms with E-state index in [0.717, 1.165) is 11.4 Å². The molecule has 0 amide bonds. The molecule has 0 aliphatic carbocycles. The Bertz CT molecular complexity index is 487. The lowest BCUT2D eigenvalue weighted by molar-refractivity contribution is 1.17. The molecule has 0 fully saturated rings. The van der Waals surface area contributed by atoms with Gasteiger partial charge in [0.1, 0.15) is 12.4 Å². The van der Waals surface area contributed by atoms with Crippen molar-refractivity contribution in [2.24, 2.45) is 0 Å². The molecular formula is C11H8N4. The fraction of sp³-hybridized carbons (Fsp3) is 0. The van der Waals surface area contributed by atoms with Crippen LogP contribution in [0.15, 0.2) is 43.0 Å². The second kappa shape index (κ2) is 4.20. The van der Waals surface area contributed by atoms with Crippen molar-refractivity contribution >= 4 is 11.4 Å². The molecule has 4 heteroatoms. The first kappa shape index (κ1) is 9.16. The van der Waals surface area contributed by atoms with Crippen LogP contribution < -0.4 is 5.32 Å². The van der Waals surface area contributed by atoms with Crippen LogP contribution in [0.1, 0.15) is 5.56 Å². The second-order valence-corrected chi connectivity index (χ2v) is 2.91. The number of rotatable bonds is 2. The first-order chi connectivity index (χ1) is 7.40. The van der Waals surface area contributed by atoms with Gasteiger partial charge in [0.15, 0.2) is 0 Å². The predicted octanol–water partition coefficient (Wildman–Crippen LogP) is 2.09. The molecule has 0 aliphatic heterocycles. The van der Waals surface area contributed by atoms with Crippen molar-refractivity contribution in [2.45, 2.75) is 0 Å². The summed E-state index contributed by atoms with van der Waals surface area (Å²) in [6.45, 7) is 0. The third-order valence-electron chi connectivity index (χ3n) is 1.89. The summed E-state index contributed by atoms with van der Waals surface area (Å²) in [5.41, 5.74) is 2.12. The molecule has 0 spiro atoms. The quantitative estimate of drug-likeness (QED) is 0.798. The van der Waals surface area contributed by atoms with E-state index < -0.39 is 0 Å². The highest BCUT2D eigenvalue weighted by molar-refractivity contribution is 5.65. The third-order valence-corrected chi connectivity index (χ3v) is 1.89. The Hall–Kier alpha value is -2.41. The lowest BCUT2D eigenvalue weighted by Crippen LogP contribution is -1.94. The first-order valence-corrected chi connectivity index (χ1v) is 4.41. The highest BCUT2D eigenvalue weighted by Crippen LogP contribution is 2.18. The minimum absolute atomic E-state index is 0.598. The predicted molar refractivity (Wildman–Crippen MR) is 56.5 cm³/mol. The standard InChI is InChI=1S/C11H8N4/c12-5-9-3-1-2-4-11(9)15-10-6-13-8-14-7-10/h1-4,6-8,15H. The molecule has 0 unspecified atom stereocenters. The van der Waals surface area contributed by atoms with E-state index in [1.165, 1.54) is 6.33 Å². The lowest BCUT2D eigenvalue weighted by Gasteiger charge is -2.06. The summed E-state index contributed by atoms with van der Waals surface area (Å²) >= 11 is 0. The number of hydrogen-bond acceptors (Lipinski definition) is 4. The van der Waals surface area contributed by atoms with Crippen molar-refractivity contribution in [3.8, 4) is 6.07 Å². The zero-order chi connectivity index (χ0) is 10.5. The number of nitriles is 1. The van der Waals surface area contributed by atoms with Crippen LogP contribution in [0.3, 0.4) is 0 Å². The third kappa shape index (κ3) is 2.09. The van der Waals surface area contributed by atoms with Gasteiger partial charge < -0.3 is 5.32 Å². The van der Waals surface area contributed by atoms with Gasteiger partial charge in [0.25, 0.3) is 0 Å². The largest absolute Gasteiger partial charge is 0.352 e. The summed E-state index contributed by atoms with van der Waals surface area (Å²) in [5, 5.41) is 12.0. The Labute approximate surface area is 87.2 Å². The molecular weight excluding hydrogens is 188 g/mol. The number of nitrogens with one attached hydrogen (secondary N) is 1. The molecule has 1 aromatic heterocycles. The van der Waals surface area contributed by atoms with Crippen LogP contribution in [0.5, 0.6) is 0 Å². The lowest BCUT2D eigenvalue weighted by atomic mass is 10.2. The maximum Gasteiger partial charge on any atom is 0.115 e. The van der Waals surface area contributed by atoms with Gasteiger partial charge in [-0.3, -0.25) is 0 Å². The van der Waals surface area contributed by atoms with Gasteiger partial charge in [0.2, 0.25) is 0 Å². The van der Waals surface area contributed by atoms with Gasteiger partial charge in [-0.25, -0.2) is 9.97 Å². The van der Waals surface area contributed by atoms with E-state index in [1.807, 2.05) is 18.2 Å². The van der Waals surface area contributed by atoms with Crippen LogP contribution >= 0.6 is 0 Å². The Morgan fingerprint density at radius 1 is 1.13 bits per heavy atom. The summed E-state index contributed by atoms with van der Waals surface area (Å²) in [4.78, 5) is 7.76. The van der Waals surface area contributed by atoms with E-state index >= 15 is 0 Å². The van der Waals surface area contributed by atoms with Gasteiger partial charge in [0, 0.05) is 0 Å². The highest BCUT2D eigenvalue weighted by Gasteiger charge is 2.00. The Kier molecular flexibility index (Phi) is 2.56. The average Bonchev–Trinajstić information content (AvgIpc) is 2.31. The van der Waals surface area contributed by atoms with Gasteiger partial charge in [-0.1, -0.05) is 12.1 Å². The average molecular weight is 196 g/mol. The van der Waals surface area contributed by atoms with E-state index in [9.17, 15) is 0 Å². The van der Waals surface area contributed by atoms with Crippen LogP contribution in [-0.4, -0.2) is 9.97 Å². The van der Waals surface area contributed by atoms with Crippen LogP contribution in [-0.2, 0) is 0 Å². The van der Waals surface area contributed by atoms with E-state index in [2.05, 4.69) is 21.4 Å². The van der Waals surface area contributed by atoms with Crippen molar-refractivity contribution in [2.75, 3.05) is 5.32 Å². The van der Waals surface area contributed by atoms with Crippen LogP contribution in [0, 0.1) is 11.3 Å². The van der Waals surface area contributed by atoms with E-state index in [-0.39, 0.29) is 0 Å². The van der Waals surface area contributed by atoms with Gasteiger partial charge in [-0.05, 0) is 12.1 Å². The molecule has 1 aromatic carbocycles. The van der Waals surface area contributed by atoms with Crippen molar-refractivity contribution in [3.63, 3.8) is 0 Å². The molecule has 15 heavy (non-hydrogen) atoms. The number of aromatic nitrogens is 2. The summed E-state index contributed by atoms with van der Waals surface area (Å²) in [5.74, 6) is 0. The SMILES string of the molecule is N#Cc1ccccc1Nc1cncnc1. The van der Waals surface area contributed by atoms with E-state index in [0.29, 0.717) is 5.56 Å². The normalized spacial score (nSPS) is 9.27. The Morgan fingerprint density at radius 2 is 1.87 bits per heavy atom. The van der Waals surface area contributed by atoms with Crippen LogP contribution in [0.2, 0.25) is 0 Å². The van der Waals surface area contributed by atoms with Crippen molar-refractivity contribution < 1.29 is 0 Å². The molecule has 0 radical (unpaired) electrons. The fourth-order valence-corrected chi connectivity index (χ4v) is 1.21. The summed E-state index contributed by atoms with van der Waals surface area (Å²) < 4.78 is 0. The van der Waals surface area contributed by atoms with Crippen LogP contribution in [0.4, 0.5) is 11.4 Å². The zero-order valence-corrected chi connectivity index (χ0v) is 7.88. The molecule has 0 saturated heterocycles. The Morgan fingerprint density at radius 3 is 2.60 bits per heavy atom. The topological polar surface area (TPSA) is 61.6 Å². The van der Waals surface area contributed by atoms with Gasteiger partial charge in [-0.15, -0.1) is 0 Å². The summed E-state index contributed by atoms with van der Waals surface area (Å²) in [6, 6.07) is 9.40. The molecule has 0 atom stereocenters. The second-order valence-electron chi connectivity index (χ2n) is 2.91. The molecule has 0 aliphatic rings. The molecule has 2 rings (SSSR count). The number of para-hydroxylation sites is 1. The van der Waals surface area contributed by atoms with Crippen molar-refractivity contribution in [3.05, 3.63) is 48.5 Å². The number of anilines is 2. The number of hydrogen-bond donors (Lipinski definition) is 1. The zero-order valence-electron chi connectivity index (χ0n) is 7.88. The molecule has 1 N–H and O–H groups in total. The van der Waals surface area contributed by atoms with Crippen molar-refractivity contribution in [1.82, 2.24) is 9.97 Å². The van der Waals surface area contributed by atoms with Crippen LogP contribution in [0.25, 0.3) is 0 Å². The molecule has 0 bridgehead atoms. The molecule has 1 heterocycles. The minimum Gasteiger partial charge on any atom is -0.352 e. The van der Waals surface area contributed by atoms with E-state index in [1.54, 1.807) is 18.5 Å². The monoisotopic (exact) mass is 196 g/mol. The highest BCUT2D eigenvalue weighted by atomic mass is 14.9. The van der Waals surface area contributed by atoms with E-state index in [4.69, 9.17) is 5.26 Å². The maximum absolute atomic E-state index is 8.88.